The van der Waals surface area contributed by atoms with E-state index in [1.165, 1.54) is 6.42 Å². The van der Waals surface area contributed by atoms with Crippen LogP contribution in [0.4, 0.5) is 0 Å². The molecule has 72 valence electrons. The Morgan fingerprint density at radius 1 is 1.50 bits per heavy atom. The molecule has 1 aliphatic rings. The summed E-state index contributed by atoms with van der Waals surface area (Å²) in [5, 5.41) is 12.9. The predicted molar refractivity (Wildman–Crippen MR) is 51.2 cm³/mol. The highest BCUT2D eigenvalue weighted by Gasteiger charge is 2.45. The summed E-state index contributed by atoms with van der Waals surface area (Å²) in [6.07, 6.45) is 4.12. The van der Waals surface area contributed by atoms with Gasteiger partial charge in [0.15, 0.2) is 0 Å². The first kappa shape index (κ1) is 10.0. The Bertz CT molecular complexity index is 145. The van der Waals surface area contributed by atoms with E-state index in [1.54, 1.807) is 0 Å². The van der Waals surface area contributed by atoms with Gasteiger partial charge in [-0.15, -0.1) is 0 Å². The minimum atomic E-state index is -0.0933. The van der Waals surface area contributed by atoms with Crippen LogP contribution < -0.4 is 5.32 Å². The average Bonchev–Trinajstić information content (AvgIpc) is 2.54. The quantitative estimate of drug-likeness (QED) is 0.618. The van der Waals surface area contributed by atoms with Crippen molar-refractivity contribution in [2.24, 2.45) is 0 Å². The maximum Gasteiger partial charge on any atom is 0.0555 e. The van der Waals surface area contributed by atoms with Crippen LogP contribution in [-0.4, -0.2) is 22.8 Å². The van der Waals surface area contributed by atoms with E-state index < -0.39 is 0 Å². The van der Waals surface area contributed by atoms with Crippen molar-refractivity contribution in [2.45, 2.75) is 64.1 Å². The molecule has 2 heteroatoms. The van der Waals surface area contributed by atoms with Crippen molar-refractivity contribution >= 4 is 0 Å². The second-order valence-corrected chi connectivity index (χ2v) is 4.45. The fourth-order valence-corrected chi connectivity index (χ4v) is 1.59. The molecule has 0 spiro atoms. The van der Waals surface area contributed by atoms with Gasteiger partial charge >= 0.3 is 0 Å². The van der Waals surface area contributed by atoms with E-state index in [-0.39, 0.29) is 11.6 Å². The first-order valence-electron chi connectivity index (χ1n) is 5.02. The zero-order valence-electron chi connectivity index (χ0n) is 8.43. The molecule has 12 heavy (non-hydrogen) atoms. The van der Waals surface area contributed by atoms with Crippen LogP contribution in [0.25, 0.3) is 0 Å². The summed E-state index contributed by atoms with van der Waals surface area (Å²) in [5.74, 6) is 0. The Morgan fingerprint density at radius 2 is 2.08 bits per heavy atom. The monoisotopic (exact) mass is 171 g/mol. The van der Waals surface area contributed by atoms with Crippen molar-refractivity contribution in [3.8, 4) is 0 Å². The van der Waals surface area contributed by atoms with Crippen LogP contribution in [0, 0.1) is 0 Å². The number of hydrogen-bond donors (Lipinski definition) is 2. The lowest BCUT2D eigenvalue weighted by Gasteiger charge is -2.08. The van der Waals surface area contributed by atoms with E-state index in [1.807, 2.05) is 0 Å². The van der Waals surface area contributed by atoms with Gasteiger partial charge in [0.25, 0.3) is 0 Å². The molecule has 0 aromatic carbocycles. The van der Waals surface area contributed by atoms with Crippen molar-refractivity contribution in [1.29, 1.82) is 0 Å². The van der Waals surface area contributed by atoms with Crippen LogP contribution in [0.1, 0.15) is 46.5 Å². The lowest BCUT2D eigenvalue weighted by molar-refractivity contribution is 0.150. The van der Waals surface area contributed by atoms with E-state index in [4.69, 9.17) is 0 Å². The zero-order valence-corrected chi connectivity index (χ0v) is 8.43. The molecule has 1 saturated heterocycles. The smallest absolute Gasteiger partial charge is 0.0555 e. The van der Waals surface area contributed by atoms with Crippen LogP contribution in [-0.2, 0) is 0 Å². The SMILES string of the molecule is CCCCC(O)CC1NC1(C)C. The molecule has 0 radical (unpaired) electrons. The number of nitrogens with one attached hydrogen (secondary N) is 1. The number of aliphatic hydroxyl groups excluding tert-OH is 1. The van der Waals surface area contributed by atoms with E-state index in [0.717, 1.165) is 19.3 Å². The molecule has 2 unspecified atom stereocenters. The molecule has 0 aliphatic carbocycles. The number of unbranched alkanes of at least 4 members (excludes halogenated alkanes) is 1. The van der Waals surface area contributed by atoms with Gasteiger partial charge in [-0.1, -0.05) is 19.8 Å². The van der Waals surface area contributed by atoms with Crippen LogP contribution in [0.2, 0.25) is 0 Å². The Morgan fingerprint density at radius 3 is 2.50 bits per heavy atom. The molecular formula is C10H21NO. The molecule has 0 amide bonds. The molecule has 2 N–H and O–H groups in total. The average molecular weight is 171 g/mol. The summed E-state index contributed by atoms with van der Waals surface area (Å²) in [6, 6.07) is 0.546. The van der Waals surface area contributed by atoms with Crippen molar-refractivity contribution in [1.82, 2.24) is 5.32 Å². The highest BCUT2D eigenvalue weighted by Crippen LogP contribution is 2.29. The third kappa shape index (κ3) is 2.76. The summed E-state index contributed by atoms with van der Waals surface area (Å²) in [7, 11) is 0. The van der Waals surface area contributed by atoms with Gasteiger partial charge in [0.2, 0.25) is 0 Å². The maximum atomic E-state index is 9.58. The molecule has 1 aliphatic heterocycles. The number of hydrogen-bond acceptors (Lipinski definition) is 2. The predicted octanol–water partition coefficient (Wildman–Crippen LogP) is 1.68. The van der Waals surface area contributed by atoms with Gasteiger partial charge in [-0.25, -0.2) is 0 Å². The van der Waals surface area contributed by atoms with E-state index in [0.29, 0.717) is 6.04 Å². The molecule has 0 aromatic heterocycles. The number of aliphatic hydroxyl groups is 1. The maximum absolute atomic E-state index is 9.58. The van der Waals surface area contributed by atoms with E-state index in [2.05, 4.69) is 26.1 Å². The second kappa shape index (κ2) is 3.75. The minimum absolute atomic E-state index is 0.0933. The first-order chi connectivity index (χ1) is 5.56. The van der Waals surface area contributed by atoms with Crippen molar-refractivity contribution in [2.75, 3.05) is 0 Å². The summed E-state index contributed by atoms with van der Waals surface area (Å²) in [4.78, 5) is 0. The third-order valence-electron chi connectivity index (χ3n) is 2.73. The lowest BCUT2D eigenvalue weighted by Crippen LogP contribution is -2.13. The standard InChI is InChI=1S/C10H21NO/c1-4-5-6-8(12)7-9-10(2,3)11-9/h8-9,11-12H,4-7H2,1-3H3. The molecule has 1 heterocycles. The molecule has 0 saturated carbocycles. The summed E-state index contributed by atoms with van der Waals surface area (Å²) in [6.45, 7) is 6.53. The Hall–Kier alpha value is -0.0800. The van der Waals surface area contributed by atoms with Crippen LogP contribution in [0.3, 0.4) is 0 Å². The highest BCUT2D eigenvalue weighted by atomic mass is 16.3. The summed E-state index contributed by atoms with van der Waals surface area (Å²) >= 11 is 0. The van der Waals surface area contributed by atoms with E-state index in [9.17, 15) is 5.11 Å². The van der Waals surface area contributed by atoms with Gasteiger partial charge < -0.3 is 10.4 Å². The second-order valence-electron chi connectivity index (χ2n) is 4.45. The number of rotatable bonds is 5. The molecular weight excluding hydrogens is 150 g/mol. The first-order valence-corrected chi connectivity index (χ1v) is 5.02. The van der Waals surface area contributed by atoms with Gasteiger partial charge in [-0.05, 0) is 26.7 Å². The Kier molecular flexibility index (Phi) is 3.13. The molecule has 1 fully saturated rings. The van der Waals surface area contributed by atoms with Gasteiger partial charge in [-0.2, -0.15) is 0 Å². The summed E-state index contributed by atoms with van der Waals surface area (Å²) in [5.41, 5.74) is 0.285. The zero-order chi connectivity index (χ0) is 9.19. The van der Waals surface area contributed by atoms with Gasteiger partial charge in [0.1, 0.15) is 0 Å². The molecule has 2 atom stereocenters. The fraction of sp³-hybridized carbons (Fsp3) is 1.00. The topological polar surface area (TPSA) is 42.2 Å². The van der Waals surface area contributed by atoms with E-state index >= 15 is 0 Å². The molecule has 0 bridgehead atoms. The van der Waals surface area contributed by atoms with Crippen molar-refractivity contribution in [3.05, 3.63) is 0 Å². The van der Waals surface area contributed by atoms with Crippen LogP contribution >= 0.6 is 0 Å². The molecule has 1 rings (SSSR count). The third-order valence-corrected chi connectivity index (χ3v) is 2.73. The largest absolute Gasteiger partial charge is 0.393 e. The Labute approximate surface area is 75.4 Å². The highest BCUT2D eigenvalue weighted by molar-refractivity contribution is 5.08. The molecule has 2 nitrogen and oxygen atoms in total. The van der Waals surface area contributed by atoms with Crippen LogP contribution in [0.15, 0.2) is 0 Å². The molecule has 0 aromatic rings. The summed E-state index contributed by atoms with van der Waals surface area (Å²) < 4.78 is 0. The van der Waals surface area contributed by atoms with Crippen molar-refractivity contribution in [3.63, 3.8) is 0 Å². The van der Waals surface area contributed by atoms with Crippen LogP contribution in [0.5, 0.6) is 0 Å². The Balaban J connectivity index is 2.07. The van der Waals surface area contributed by atoms with Crippen molar-refractivity contribution < 1.29 is 5.11 Å². The fourth-order valence-electron chi connectivity index (χ4n) is 1.59. The normalized spacial score (nSPS) is 28.5. The lowest BCUT2D eigenvalue weighted by atomic mass is 10.0. The van der Waals surface area contributed by atoms with Gasteiger partial charge in [-0.3, -0.25) is 0 Å². The van der Waals surface area contributed by atoms with Gasteiger partial charge in [0.05, 0.1) is 6.10 Å². The van der Waals surface area contributed by atoms with Gasteiger partial charge in [0, 0.05) is 11.6 Å². The minimum Gasteiger partial charge on any atom is -0.393 e.